The molecular formula is C18H14N6O2. The van der Waals surface area contributed by atoms with Gasteiger partial charge in [0.1, 0.15) is 5.69 Å². The van der Waals surface area contributed by atoms with Crippen LogP contribution in [0.4, 0.5) is 0 Å². The van der Waals surface area contributed by atoms with E-state index in [0.717, 1.165) is 10.9 Å². The smallest absolute Gasteiger partial charge is 0.253 e. The Morgan fingerprint density at radius 1 is 1.23 bits per heavy atom. The average Bonchev–Trinajstić information content (AvgIpc) is 3.30. The number of nitrogens with zero attached hydrogens (tertiary/aromatic N) is 5. The molecular weight excluding hydrogens is 332 g/mol. The summed E-state index contributed by atoms with van der Waals surface area (Å²) >= 11 is 0. The van der Waals surface area contributed by atoms with Crippen molar-refractivity contribution in [3.8, 4) is 11.5 Å². The Morgan fingerprint density at radius 2 is 2.15 bits per heavy atom. The molecule has 0 aliphatic carbocycles. The van der Waals surface area contributed by atoms with Crippen LogP contribution in [0.15, 0.2) is 53.6 Å². The Bertz CT molecular complexity index is 1080. The predicted octanol–water partition coefficient (Wildman–Crippen LogP) is 2.25. The normalized spacial score (nSPS) is 14.5. The molecule has 8 heteroatoms. The van der Waals surface area contributed by atoms with Crippen LogP contribution in [-0.4, -0.2) is 49.0 Å². The summed E-state index contributed by atoms with van der Waals surface area (Å²) in [6.45, 7) is 1.12. The van der Waals surface area contributed by atoms with Crippen LogP contribution >= 0.6 is 0 Å². The summed E-state index contributed by atoms with van der Waals surface area (Å²) < 4.78 is 5.33. The van der Waals surface area contributed by atoms with Crippen molar-refractivity contribution in [3.63, 3.8) is 0 Å². The zero-order valence-electron chi connectivity index (χ0n) is 13.7. The minimum absolute atomic E-state index is 0.0121. The fraction of sp³-hybridized carbons (Fsp3) is 0.167. The van der Waals surface area contributed by atoms with E-state index in [1.54, 1.807) is 23.5 Å². The van der Waals surface area contributed by atoms with E-state index in [2.05, 4.69) is 25.1 Å². The highest BCUT2D eigenvalue weighted by Gasteiger charge is 2.36. The summed E-state index contributed by atoms with van der Waals surface area (Å²) in [7, 11) is 0. The molecule has 4 heterocycles. The number of carbonyl (C=O) groups excluding carboxylic acids is 1. The minimum atomic E-state index is 0.0121. The van der Waals surface area contributed by atoms with Gasteiger partial charge in [0.2, 0.25) is 11.7 Å². The molecule has 0 bridgehead atoms. The Hall–Kier alpha value is -3.55. The van der Waals surface area contributed by atoms with Gasteiger partial charge in [-0.2, -0.15) is 4.98 Å². The Balaban J connectivity index is 1.28. The maximum absolute atomic E-state index is 12.6. The molecule has 4 aromatic rings. The number of likely N-dealkylation sites (tertiary alicyclic amines) is 1. The second-order valence-electron chi connectivity index (χ2n) is 6.23. The van der Waals surface area contributed by atoms with E-state index < -0.39 is 0 Å². The molecule has 0 spiro atoms. The zero-order chi connectivity index (χ0) is 17.5. The van der Waals surface area contributed by atoms with Crippen LogP contribution < -0.4 is 0 Å². The molecule has 128 valence electrons. The lowest BCUT2D eigenvalue weighted by atomic mass is 9.98. The van der Waals surface area contributed by atoms with Crippen molar-refractivity contribution in [2.75, 3.05) is 13.1 Å². The number of H-pyrrole nitrogens is 1. The van der Waals surface area contributed by atoms with Gasteiger partial charge in [-0.3, -0.25) is 9.78 Å². The molecule has 8 nitrogen and oxygen atoms in total. The number of amides is 1. The van der Waals surface area contributed by atoms with Gasteiger partial charge >= 0.3 is 0 Å². The van der Waals surface area contributed by atoms with Crippen molar-refractivity contribution in [2.24, 2.45) is 0 Å². The van der Waals surface area contributed by atoms with Crippen LogP contribution in [0.1, 0.15) is 22.2 Å². The van der Waals surface area contributed by atoms with E-state index in [0.29, 0.717) is 36.1 Å². The van der Waals surface area contributed by atoms with Gasteiger partial charge < -0.3 is 14.4 Å². The molecule has 1 aromatic carbocycles. The zero-order valence-corrected chi connectivity index (χ0v) is 13.7. The quantitative estimate of drug-likeness (QED) is 0.610. The van der Waals surface area contributed by atoms with Crippen molar-refractivity contribution in [1.82, 2.24) is 30.0 Å². The van der Waals surface area contributed by atoms with Crippen LogP contribution in [0.3, 0.4) is 0 Å². The first-order valence-corrected chi connectivity index (χ1v) is 8.24. The highest BCUT2D eigenvalue weighted by atomic mass is 16.5. The molecule has 1 fully saturated rings. The van der Waals surface area contributed by atoms with E-state index in [9.17, 15) is 4.79 Å². The molecule has 26 heavy (non-hydrogen) atoms. The summed E-state index contributed by atoms with van der Waals surface area (Å²) in [5.41, 5.74) is 2.27. The standard InChI is InChI=1S/C18H14N6O2/c25-18(12-1-2-14-11(7-12)3-4-20-14)24-9-13(10-24)17-22-16(23-26-17)15-8-19-5-6-21-15/h1-8,13,20H,9-10H2. The molecule has 1 aliphatic heterocycles. The van der Waals surface area contributed by atoms with E-state index in [4.69, 9.17) is 4.52 Å². The van der Waals surface area contributed by atoms with Gasteiger partial charge in [-0.05, 0) is 24.3 Å². The van der Waals surface area contributed by atoms with E-state index >= 15 is 0 Å². The SMILES string of the molecule is O=C(c1ccc2[nH]ccc2c1)N1CC(c2nc(-c3cnccn3)no2)C1. The number of hydrogen-bond donors (Lipinski definition) is 1. The van der Waals surface area contributed by atoms with E-state index in [1.807, 2.05) is 30.5 Å². The number of rotatable bonds is 3. The summed E-state index contributed by atoms with van der Waals surface area (Å²) in [4.78, 5) is 30.1. The summed E-state index contributed by atoms with van der Waals surface area (Å²) in [5.74, 6) is 0.998. The van der Waals surface area contributed by atoms with Crippen LogP contribution in [-0.2, 0) is 0 Å². The lowest BCUT2D eigenvalue weighted by molar-refractivity contribution is 0.0569. The average molecular weight is 346 g/mol. The molecule has 0 radical (unpaired) electrons. The Morgan fingerprint density at radius 3 is 3.00 bits per heavy atom. The van der Waals surface area contributed by atoms with Crippen molar-refractivity contribution in [3.05, 3.63) is 60.5 Å². The molecule has 3 aromatic heterocycles. The number of aromatic amines is 1. The Kier molecular flexibility index (Phi) is 3.27. The maximum atomic E-state index is 12.6. The second kappa shape index (κ2) is 5.76. The molecule has 0 unspecified atom stereocenters. The summed E-state index contributed by atoms with van der Waals surface area (Å²) in [6.07, 6.45) is 6.62. The Labute approximate surface area is 147 Å². The fourth-order valence-electron chi connectivity index (χ4n) is 3.09. The van der Waals surface area contributed by atoms with Gasteiger partial charge in [0.25, 0.3) is 5.91 Å². The third-order valence-electron chi connectivity index (χ3n) is 4.55. The molecule has 0 atom stereocenters. The van der Waals surface area contributed by atoms with E-state index in [-0.39, 0.29) is 11.8 Å². The van der Waals surface area contributed by atoms with Crippen LogP contribution in [0.2, 0.25) is 0 Å². The van der Waals surface area contributed by atoms with Gasteiger partial charge in [-0.1, -0.05) is 5.16 Å². The molecule has 0 saturated carbocycles. The monoisotopic (exact) mass is 346 g/mol. The largest absolute Gasteiger partial charge is 0.361 e. The van der Waals surface area contributed by atoms with Gasteiger partial charge in [-0.25, -0.2) is 4.98 Å². The second-order valence-corrected chi connectivity index (χ2v) is 6.23. The number of benzene rings is 1. The topological polar surface area (TPSA) is 101 Å². The van der Waals surface area contributed by atoms with Gasteiger partial charge in [-0.15, -0.1) is 0 Å². The first-order valence-electron chi connectivity index (χ1n) is 8.24. The minimum Gasteiger partial charge on any atom is -0.361 e. The van der Waals surface area contributed by atoms with Crippen molar-refractivity contribution in [1.29, 1.82) is 0 Å². The summed E-state index contributed by atoms with van der Waals surface area (Å²) in [6, 6.07) is 7.62. The van der Waals surface area contributed by atoms with Crippen molar-refractivity contribution < 1.29 is 9.32 Å². The number of fused-ring (bicyclic) bond motifs is 1. The van der Waals surface area contributed by atoms with Gasteiger partial charge in [0.05, 0.1) is 12.1 Å². The van der Waals surface area contributed by atoms with Crippen LogP contribution in [0, 0.1) is 0 Å². The molecule has 1 saturated heterocycles. The van der Waals surface area contributed by atoms with Crippen LogP contribution in [0.5, 0.6) is 0 Å². The molecule has 5 rings (SSSR count). The third kappa shape index (κ3) is 2.43. The van der Waals surface area contributed by atoms with Gasteiger partial charge in [0, 0.05) is 48.1 Å². The molecule has 1 amide bonds. The fourth-order valence-corrected chi connectivity index (χ4v) is 3.09. The molecule has 1 N–H and O–H groups in total. The number of carbonyl (C=O) groups is 1. The predicted molar refractivity (Wildman–Crippen MR) is 92.3 cm³/mol. The first kappa shape index (κ1) is 14.8. The lowest BCUT2D eigenvalue weighted by Crippen LogP contribution is -2.48. The van der Waals surface area contributed by atoms with Crippen molar-refractivity contribution >= 4 is 16.8 Å². The number of hydrogen-bond acceptors (Lipinski definition) is 6. The third-order valence-corrected chi connectivity index (χ3v) is 4.55. The number of aromatic nitrogens is 5. The molecule has 1 aliphatic rings. The van der Waals surface area contributed by atoms with Gasteiger partial charge in [0.15, 0.2) is 0 Å². The summed E-state index contributed by atoms with van der Waals surface area (Å²) in [5, 5.41) is 4.98. The highest BCUT2D eigenvalue weighted by Crippen LogP contribution is 2.29. The number of nitrogens with one attached hydrogen (secondary N) is 1. The highest BCUT2D eigenvalue weighted by molar-refractivity contribution is 5.98. The van der Waals surface area contributed by atoms with Crippen molar-refractivity contribution in [2.45, 2.75) is 5.92 Å². The maximum Gasteiger partial charge on any atom is 0.253 e. The lowest BCUT2D eigenvalue weighted by Gasteiger charge is -2.37. The van der Waals surface area contributed by atoms with E-state index in [1.165, 1.54) is 0 Å². The van der Waals surface area contributed by atoms with Crippen LogP contribution in [0.25, 0.3) is 22.4 Å². The first-order chi connectivity index (χ1) is 12.8.